The lowest BCUT2D eigenvalue weighted by Gasteiger charge is -2.20. The Morgan fingerprint density at radius 1 is 1.26 bits per heavy atom. The lowest BCUT2D eigenvalue weighted by Crippen LogP contribution is -2.35. The van der Waals surface area contributed by atoms with E-state index in [4.69, 9.17) is 5.73 Å². The van der Waals surface area contributed by atoms with Gasteiger partial charge in [0.2, 0.25) is 5.91 Å². The van der Waals surface area contributed by atoms with Crippen LogP contribution in [0.4, 0.5) is 5.69 Å². The minimum absolute atomic E-state index is 0.116. The van der Waals surface area contributed by atoms with Crippen LogP contribution in [-0.4, -0.2) is 29.9 Å². The van der Waals surface area contributed by atoms with Crippen molar-refractivity contribution in [3.05, 3.63) is 29.8 Å². The van der Waals surface area contributed by atoms with Gasteiger partial charge in [0, 0.05) is 12.2 Å². The summed E-state index contributed by atoms with van der Waals surface area (Å²) in [5.41, 5.74) is 7.74. The average molecular weight is 263 g/mol. The van der Waals surface area contributed by atoms with Gasteiger partial charge in [-0.1, -0.05) is 39.0 Å². The Balaban J connectivity index is 2.81. The van der Waals surface area contributed by atoms with Crippen molar-refractivity contribution >= 4 is 11.6 Å². The summed E-state index contributed by atoms with van der Waals surface area (Å²) < 4.78 is 0. The van der Waals surface area contributed by atoms with Gasteiger partial charge in [0.1, 0.15) is 0 Å². The quantitative estimate of drug-likeness (QED) is 0.793. The first kappa shape index (κ1) is 15.7. The third-order valence-corrected chi connectivity index (χ3v) is 3.34. The van der Waals surface area contributed by atoms with Crippen molar-refractivity contribution in [1.82, 2.24) is 4.90 Å². The van der Waals surface area contributed by atoms with Gasteiger partial charge < -0.3 is 11.1 Å². The van der Waals surface area contributed by atoms with E-state index in [0.717, 1.165) is 30.9 Å². The average Bonchev–Trinajstić information content (AvgIpc) is 2.45. The van der Waals surface area contributed by atoms with Crippen molar-refractivity contribution in [3.63, 3.8) is 0 Å². The molecule has 0 saturated carbocycles. The highest BCUT2D eigenvalue weighted by Gasteiger charge is 2.13. The molecule has 0 aliphatic heterocycles. The maximum absolute atomic E-state index is 11.9. The Morgan fingerprint density at radius 3 is 2.47 bits per heavy atom. The summed E-state index contributed by atoms with van der Waals surface area (Å²) >= 11 is 0. The predicted molar refractivity (Wildman–Crippen MR) is 80.0 cm³/mol. The van der Waals surface area contributed by atoms with Gasteiger partial charge in [-0.2, -0.15) is 0 Å². The molecule has 4 nitrogen and oxygen atoms in total. The van der Waals surface area contributed by atoms with Gasteiger partial charge in [-0.15, -0.1) is 0 Å². The summed E-state index contributed by atoms with van der Waals surface area (Å²) in [7, 11) is 0. The van der Waals surface area contributed by atoms with E-state index >= 15 is 0 Å². The Hall–Kier alpha value is -1.39. The molecule has 0 aliphatic carbocycles. The first-order valence-corrected chi connectivity index (χ1v) is 6.99. The molecule has 19 heavy (non-hydrogen) atoms. The van der Waals surface area contributed by atoms with Crippen LogP contribution < -0.4 is 11.1 Å². The highest BCUT2D eigenvalue weighted by Crippen LogP contribution is 2.17. The highest BCUT2D eigenvalue weighted by molar-refractivity contribution is 5.95. The number of nitrogens with one attached hydrogen (secondary N) is 1. The molecule has 0 spiro atoms. The smallest absolute Gasteiger partial charge is 0.241 e. The molecule has 1 aromatic carbocycles. The number of rotatable bonds is 7. The molecule has 4 heteroatoms. The van der Waals surface area contributed by atoms with E-state index in [1.165, 1.54) is 0 Å². The van der Waals surface area contributed by atoms with Gasteiger partial charge in [-0.25, -0.2) is 0 Å². The van der Waals surface area contributed by atoms with Crippen LogP contribution in [0.5, 0.6) is 0 Å². The van der Waals surface area contributed by atoms with Crippen LogP contribution in [0.3, 0.4) is 0 Å². The SMILES string of the molecule is CC[C@H](N)C(=O)Nc1ccccc1CN(CC)CC. The zero-order chi connectivity index (χ0) is 14.3. The molecule has 0 fully saturated rings. The second kappa shape index (κ2) is 7.92. The third-order valence-electron chi connectivity index (χ3n) is 3.34. The van der Waals surface area contributed by atoms with E-state index in [1.54, 1.807) is 0 Å². The molecule has 1 rings (SSSR count). The molecule has 0 aliphatic rings. The van der Waals surface area contributed by atoms with Crippen LogP contribution in [0.25, 0.3) is 0 Å². The number of nitrogens with two attached hydrogens (primary N) is 1. The maximum atomic E-state index is 11.9. The fraction of sp³-hybridized carbons (Fsp3) is 0.533. The predicted octanol–water partition coefficient (Wildman–Crippen LogP) is 2.20. The number of benzene rings is 1. The maximum Gasteiger partial charge on any atom is 0.241 e. The summed E-state index contributed by atoms with van der Waals surface area (Å²) in [6, 6.07) is 7.46. The molecule has 1 atom stereocenters. The summed E-state index contributed by atoms with van der Waals surface area (Å²) in [4.78, 5) is 14.2. The molecule has 0 aromatic heterocycles. The van der Waals surface area contributed by atoms with E-state index in [1.807, 2.05) is 31.2 Å². The summed E-state index contributed by atoms with van der Waals surface area (Å²) in [5.74, 6) is -0.116. The van der Waals surface area contributed by atoms with Crippen LogP contribution in [0, 0.1) is 0 Å². The van der Waals surface area contributed by atoms with Gasteiger partial charge in [-0.3, -0.25) is 9.69 Å². The van der Waals surface area contributed by atoms with Crippen molar-refractivity contribution in [2.24, 2.45) is 5.73 Å². The van der Waals surface area contributed by atoms with Crippen LogP contribution in [0.15, 0.2) is 24.3 Å². The lowest BCUT2D eigenvalue weighted by molar-refractivity contribution is -0.117. The largest absolute Gasteiger partial charge is 0.324 e. The molecule has 0 saturated heterocycles. The molecular formula is C15H25N3O. The topological polar surface area (TPSA) is 58.4 Å². The second-order valence-electron chi connectivity index (χ2n) is 4.62. The first-order chi connectivity index (χ1) is 9.12. The standard InChI is InChI=1S/C15H25N3O/c1-4-13(16)15(19)17-14-10-8-7-9-12(14)11-18(5-2)6-3/h7-10,13H,4-6,11,16H2,1-3H3,(H,17,19)/t13-/m0/s1. The summed E-state index contributed by atoms with van der Waals surface area (Å²) in [6.45, 7) is 9.01. The van der Waals surface area contributed by atoms with Crippen LogP contribution >= 0.6 is 0 Å². The minimum atomic E-state index is -0.443. The van der Waals surface area contributed by atoms with Crippen LogP contribution in [0.2, 0.25) is 0 Å². The number of carbonyl (C=O) groups is 1. The fourth-order valence-corrected chi connectivity index (χ4v) is 1.88. The Morgan fingerprint density at radius 2 is 1.89 bits per heavy atom. The Bertz CT molecular complexity index is 402. The molecule has 0 unspecified atom stereocenters. The van der Waals surface area contributed by atoms with Gasteiger partial charge >= 0.3 is 0 Å². The monoisotopic (exact) mass is 263 g/mol. The van der Waals surface area contributed by atoms with Crippen molar-refractivity contribution in [3.8, 4) is 0 Å². The van der Waals surface area contributed by atoms with E-state index < -0.39 is 6.04 Å². The number of hydrogen-bond donors (Lipinski definition) is 2. The molecule has 0 bridgehead atoms. The molecule has 106 valence electrons. The van der Waals surface area contributed by atoms with Crippen LogP contribution in [-0.2, 0) is 11.3 Å². The number of carbonyl (C=O) groups excluding carboxylic acids is 1. The molecule has 0 radical (unpaired) electrons. The number of para-hydroxylation sites is 1. The van der Waals surface area contributed by atoms with Crippen molar-refractivity contribution in [1.29, 1.82) is 0 Å². The van der Waals surface area contributed by atoms with E-state index in [0.29, 0.717) is 6.42 Å². The number of anilines is 1. The summed E-state index contributed by atoms with van der Waals surface area (Å²) in [5, 5.41) is 2.92. The molecule has 1 aromatic rings. The fourth-order valence-electron chi connectivity index (χ4n) is 1.88. The summed E-state index contributed by atoms with van der Waals surface area (Å²) in [6.07, 6.45) is 0.643. The minimum Gasteiger partial charge on any atom is -0.324 e. The number of nitrogens with zero attached hydrogens (tertiary/aromatic N) is 1. The van der Waals surface area contributed by atoms with Crippen molar-refractivity contribution in [2.75, 3.05) is 18.4 Å². The van der Waals surface area contributed by atoms with Gasteiger partial charge in [0.05, 0.1) is 6.04 Å². The molecule has 0 heterocycles. The lowest BCUT2D eigenvalue weighted by atomic mass is 10.1. The normalized spacial score (nSPS) is 12.5. The number of amides is 1. The van der Waals surface area contributed by atoms with E-state index in [9.17, 15) is 4.79 Å². The van der Waals surface area contributed by atoms with Crippen molar-refractivity contribution in [2.45, 2.75) is 39.8 Å². The van der Waals surface area contributed by atoms with Gasteiger partial charge in [0.25, 0.3) is 0 Å². The van der Waals surface area contributed by atoms with Gasteiger partial charge in [0.15, 0.2) is 0 Å². The van der Waals surface area contributed by atoms with Crippen LogP contribution in [0.1, 0.15) is 32.8 Å². The zero-order valence-corrected chi connectivity index (χ0v) is 12.1. The Labute approximate surface area is 116 Å². The second-order valence-corrected chi connectivity index (χ2v) is 4.62. The number of hydrogen-bond acceptors (Lipinski definition) is 3. The van der Waals surface area contributed by atoms with E-state index in [-0.39, 0.29) is 5.91 Å². The third kappa shape index (κ3) is 4.65. The molecule has 3 N–H and O–H groups in total. The van der Waals surface area contributed by atoms with E-state index in [2.05, 4.69) is 24.1 Å². The van der Waals surface area contributed by atoms with Crippen molar-refractivity contribution < 1.29 is 4.79 Å². The Kier molecular flexibility index (Phi) is 6.53. The van der Waals surface area contributed by atoms with Gasteiger partial charge in [-0.05, 0) is 31.1 Å². The zero-order valence-electron chi connectivity index (χ0n) is 12.1. The first-order valence-electron chi connectivity index (χ1n) is 6.99. The highest BCUT2D eigenvalue weighted by atomic mass is 16.2. The molecular weight excluding hydrogens is 238 g/mol. The molecule has 1 amide bonds.